The largest absolute Gasteiger partial charge is 0.379 e. The van der Waals surface area contributed by atoms with Gasteiger partial charge in [0.15, 0.2) is 5.60 Å². The Kier molecular flexibility index (Phi) is 4.11. The lowest BCUT2D eigenvalue weighted by Gasteiger charge is -2.35. The fraction of sp³-hybridized carbons (Fsp3) is 0.429. The van der Waals surface area contributed by atoms with Gasteiger partial charge in [-0.05, 0) is 25.0 Å². The number of hydrogen-bond acceptors (Lipinski definition) is 5. The molecule has 0 unspecified atom stereocenters. The van der Waals surface area contributed by atoms with E-state index in [0.717, 1.165) is 17.3 Å². The first-order chi connectivity index (χ1) is 11.6. The molecule has 11 heteroatoms. The maximum Gasteiger partial charge on any atom is 0.379 e. The van der Waals surface area contributed by atoms with Gasteiger partial charge in [-0.2, -0.15) is 13.9 Å². The highest BCUT2D eigenvalue weighted by molar-refractivity contribution is 7.93. The highest BCUT2D eigenvalue weighted by Gasteiger charge is 2.67. The summed E-state index contributed by atoms with van der Waals surface area (Å²) < 4.78 is 82.3. The van der Waals surface area contributed by atoms with E-state index in [1.165, 1.54) is 0 Å². The minimum absolute atomic E-state index is 0.0310. The molecule has 1 aliphatic rings. The van der Waals surface area contributed by atoms with Gasteiger partial charge in [-0.25, -0.2) is 26.9 Å². The third-order valence-corrected chi connectivity index (χ3v) is 6.44. The number of aromatic nitrogens is 3. The fourth-order valence-electron chi connectivity index (χ4n) is 2.53. The van der Waals surface area contributed by atoms with Crippen molar-refractivity contribution in [3.63, 3.8) is 0 Å². The highest BCUT2D eigenvalue weighted by atomic mass is 32.2. The van der Waals surface area contributed by atoms with E-state index >= 15 is 0 Å². The SMILES string of the molecule is O=S(=O)(C1CC1)C(F)(F)[C@](O)(Cn1cncn1)c1ccc(F)cc1F. The summed E-state index contributed by atoms with van der Waals surface area (Å²) in [6.45, 7) is -1.09. The molecule has 1 fully saturated rings. The van der Waals surface area contributed by atoms with E-state index in [-0.39, 0.29) is 12.8 Å². The van der Waals surface area contributed by atoms with Gasteiger partial charge in [-0.15, -0.1) is 0 Å². The zero-order valence-electron chi connectivity index (χ0n) is 12.6. The first-order valence-corrected chi connectivity index (χ1v) is 8.76. The van der Waals surface area contributed by atoms with Crippen LogP contribution in [-0.2, 0) is 22.0 Å². The maximum absolute atomic E-state index is 14.9. The molecule has 3 rings (SSSR count). The lowest BCUT2D eigenvalue weighted by Crippen LogP contribution is -2.54. The van der Waals surface area contributed by atoms with Crippen LogP contribution in [-0.4, -0.2) is 38.8 Å². The lowest BCUT2D eigenvalue weighted by molar-refractivity contribution is -0.145. The van der Waals surface area contributed by atoms with Crippen LogP contribution < -0.4 is 0 Å². The van der Waals surface area contributed by atoms with Gasteiger partial charge in [-0.1, -0.05) is 0 Å². The molecule has 0 spiro atoms. The Labute approximate surface area is 140 Å². The van der Waals surface area contributed by atoms with Crippen LogP contribution in [0, 0.1) is 11.6 Å². The van der Waals surface area contributed by atoms with E-state index < -0.39 is 49.7 Å². The quantitative estimate of drug-likeness (QED) is 0.771. The second kappa shape index (κ2) is 5.77. The molecule has 1 aliphatic carbocycles. The van der Waals surface area contributed by atoms with Crippen LogP contribution in [0.25, 0.3) is 0 Å². The molecule has 1 aromatic carbocycles. The van der Waals surface area contributed by atoms with Crippen molar-refractivity contribution < 1.29 is 31.1 Å². The van der Waals surface area contributed by atoms with Gasteiger partial charge in [0.2, 0.25) is 9.84 Å². The summed E-state index contributed by atoms with van der Waals surface area (Å²) in [6.07, 6.45) is 2.01. The molecule has 6 nitrogen and oxygen atoms in total. The number of benzene rings is 1. The molecule has 0 amide bonds. The van der Waals surface area contributed by atoms with Gasteiger partial charge in [0.1, 0.15) is 24.3 Å². The Bertz CT molecular complexity index is 885. The third kappa shape index (κ3) is 2.80. The second-order valence-electron chi connectivity index (χ2n) is 5.84. The van der Waals surface area contributed by atoms with Crippen molar-refractivity contribution in [1.82, 2.24) is 14.8 Å². The van der Waals surface area contributed by atoms with Crippen molar-refractivity contribution in [3.8, 4) is 0 Å². The molecule has 0 radical (unpaired) electrons. The second-order valence-corrected chi connectivity index (χ2v) is 8.11. The standard InChI is InChI=1S/C14H13F4N3O3S/c15-9-1-4-11(12(16)5-9)13(22,6-21-8-19-7-20-21)14(17,18)25(23,24)10-2-3-10/h1,4-5,7-8,10,22H,2-3,6H2/t13-/m0/s1. The van der Waals surface area contributed by atoms with E-state index in [2.05, 4.69) is 10.1 Å². The van der Waals surface area contributed by atoms with Gasteiger partial charge in [0.05, 0.1) is 11.8 Å². The van der Waals surface area contributed by atoms with Gasteiger partial charge >= 0.3 is 5.25 Å². The van der Waals surface area contributed by atoms with Crippen LogP contribution in [0.4, 0.5) is 17.6 Å². The summed E-state index contributed by atoms with van der Waals surface area (Å²) in [6, 6.07) is 1.55. The van der Waals surface area contributed by atoms with Gasteiger partial charge in [0.25, 0.3) is 0 Å². The number of rotatable bonds is 6. The number of aliphatic hydroxyl groups is 1. The Morgan fingerprint density at radius 1 is 1.28 bits per heavy atom. The predicted octanol–water partition coefficient (Wildman–Crippen LogP) is 1.61. The van der Waals surface area contributed by atoms with Crippen molar-refractivity contribution in [2.75, 3.05) is 0 Å². The first-order valence-electron chi connectivity index (χ1n) is 7.21. The van der Waals surface area contributed by atoms with Crippen molar-refractivity contribution in [1.29, 1.82) is 0 Å². The van der Waals surface area contributed by atoms with Crippen molar-refractivity contribution in [2.24, 2.45) is 0 Å². The molecule has 0 aliphatic heterocycles. The molecule has 2 aromatic rings. The number of nitrogens with zero attached hydrogens (tertiary/aromatic N) is 3. The molecule has 0 bridgehead atoms. The Hall–Kier alpha value is -2.01. The van der Waals surface area contributed by atoms with Crippen LogP contribution >= 0.6 is 0 Å². The number of hydrogen-bond donors (Lipinski definition) is 1. The summed E-state index contributed by atoms with van der Waals surface area (Å²) in [4.78, 5) is 3.52. The molecule has 1 heterocycles. The minimum atomic E-state index is -5.11. The smallest absolute Gasteiger partial charge is 0.376 e. The number of sulfone groups is 1. The van der Waals surface area contributed by atoms with Crippen LogP contribution in [0.1, 0.15) is 18.4 Å². The monoisotopic (exact) mass is 379 g/mol. The van der Waals surface area contributed by atoms with E-state index in [1.54, 1.807) is 0 Å². The summed E-state index contributed by atoms with van der Waals surface area (Å²) >= 11 is 0. The van der Waals surface area contributed by atoms with Crippen molar-refractivity contribution in [2.45, 2.75) is 35.5 Å². The third-order valence-electron chi connectivity index (χ3n) is 4.04. The topological polar surface area (TPSA) is 85.1 Å². The van der Waals surface area contributed by atoms with E-state index in [4.69, 9.17) is 0 Å². The number of halogens is 4. The van der Waals surface area contributed by atoms with Crippen LogP contribution in [0.5, 0.6) is 0 Å². The summed E-state index contributed by atoms with van der Waals surface area (Å²) in [5.41, 5.74) is -4.54. The molecule has 1 N–H and O–H groups in total. The van der Waals surface area contributed by atoms with E-state index in [9.17, 15) is 31.1 Å². The molecular weight excluding hydrogens is 366 g/mol. The Morgan fingerprint density at radius 2 is 1.96 bits per heavy atom. The molecule has 136 valence electrons. The van der Waals surface area contributed by atoms with E-state index in [1.807, 2.05) is 0 Å². The molecule has 1 aromatic heterocycles. The van der Waals surface area contributed by atoms with Gasteiger partial charge in [0, 0.05) is 11.6 Å². The van der Waals surface area contributed by atoms with Crippen molar-refractivity contribution >= 4 is 9.84 Å². The van der Waals surface area contributed by atoms with E-state index in [0.29, 0.717) is 18.2 Å². The normalized spacial score (nSPS) is 18.1. The molecule has 0 saturated heterocycles. The molecule has 1 saturated carbocycles. The highest BCUT2D eigenvalue weighted by Crippen LogP contribution is 2.49. The van der Waals surface area contributed by atoms with Gasteiger partial charge in [-0.3, -0.25) is 0 Å². The average Bonchev–Trinajstić information content (AvgIpc) is 3.26. The zero-order valence-corrected chi connectivity index (χ0v) is 13.4. The number of alkyl halides is 2. The summed E-state index contributed by atoms with van der Waals surface area (Å²) in [5.74, 6) is -2.55. The predicted molar refractivity (Wildman–Crippen MR) is 77.2 cm³/mol. The van der Waals surface area contributed by atoms with Crippen LogP contribution in [0.3, 0.4) is 0 Å². The summed E-state index contributed by atoms with van der Waals surface area (Å²) in [7, 11) is -5.11. The van der Waals surface area contributed by atoms with Crippen LogP contribution in [0.2, 0.25) is 0 Å². The zero-order chi connectivity index (χ0) is 18.5. The van der Waals surface area contributed by atoms with Crippen LogP contribution in [0.15, 0.2) is 30.9 Å². The lowest BCUT2D eigenvalue weighted by atomic mass is 9.93. The molecular formula is C14H13F4N3O3S. The first kappa shape index (κ1) is 17.8. The fourth-order valence-corrected chi connectivity index (χ4v) is 4.35. The Morgan fingerprint density at radius 3 is 2.48 bits per heavy atom. The maximum atomic E-state index is 14.9. The van der Waals surface area contributed by atoms with Gasteiger partial charge < -0.3 is 5.11 Å². The Balaban J connectivity index is 2.18. The average molecular weight is 379 g/mol. The molecule has 1 atom stereocenters. The minimum Gasteiger partial charge on any atom is -0.376 e. The van der Waals surface area contributed by atoms with Crippen molar-refractivity contribution in [3.05, 3.63) is 48.1 Å². The summed E-state index contributed by atoms with van der Waals surface area (Å²) in [5, 5.41) is 8.19. The molecule has 25 heavy (non-hydrogen) atoms.